The number of amides is 1. The Morgan fingerprint density at radius 2 is 1.76 bits per heavy atom. The summed E-state index contributed by atoms with van der Waals surface area (Å²) in [4.78, 5) is 35.0. The van der Waals surface area contributed by atoms with E-state index in [1.165, 1.54) is 11.1 Å². The van der Waals surface area contributed by atoms with Crippen LogP contribution in [0, 0.1) is 0 Å². The molecule has 0 N–H and O–H groups in total. The Hall–Kier alpha value is -2.99. The van der Waals surface area contributed by atoms with Crippen LogP contribution in [0.1, 0.15) is 17.0 Å². The summed E-state index contributed by atoms with van der Waals surface area (Å²) >= 11 is 0. The third-order valence-electron chi connectivity index (χ3n) is 6.22. The number of fused-ring (bicyclic) bond motifs is 3. The van der Waals surface area contributed by atoms with E-state index < -0.39 is 0 Å². The molecule has 2 aliphatic heterocycles. The van der Waals surface area contributed by atoms with E-state index in [4.69, 9.17) is 4.98 Å². The number of carbonyl (C=O) groups excluding carboxylic acids is 1. The molecule has 3 heterocycles. The van der Waals surface area contributed by atoms with E-state index >= 15 is 0 Å². The zero-order valence-corrected chi connectivity index (χ0v) is 16.5. The first-order valence-electron chi connectivity index (χ1n) is 10.2. The molecule has 1 atom stereocenters. The predicted molar refractivity (Wildman–Crippen MR) is 112 cm³/mol. The van der Waals surface area contributed by atoms with E-state index in [0.29, 0.717) is 31.4 Å². The number of carbonyl (C=O) groups is 1. The maximum Gasteiger partial charge on any atom is 0.261 e. The molecule has 6 heteroatoms. The molecular formula is C23H24N4O2. The summed E-state index contributed by atoms with van der Waals surface area (Å²) in [5, 5.41) is 0.639. The summed E-state index contributed by atoms with van der Waals surface area (Å²) in [7, 11) is 2.02. The van der Waals surface area contributed by atoms with Gasteiger partial charge in [-0.1, -0.05) is 36.4 Å². The van der Waals surface area contributed by atoms with Crippen molar-refractivity contribution in [1.82, 2.24) is 19.4 Å². The Labute approximate surface area is 169 Å². The Morgan fingerprint density at radius 3 is 2.62 bits per heavy atom. The standard InChI is InChI=1S/C23H24N4O2/c1-25-15-17-7-3-2-6-16(17)14-20(25)23(29)26-11-10-21-24-19-9-5-4-8-18(19)22(28)27(21)13-12-26/h2-9,20H,10-15H2,1H3/t20-/m1/s1. The largest absolute Gasteiger partial charge is 0.339 e. The third-order valence-corrected chi connectivity index (χ3v) is 6.22. The summed E-state index contributed by atoms with van der Waals surface area (Å²) in [5.74, 6) is 0.916. The Morgan fingerprint density at radius 1 is 1.00 bits per heavy atom. The number of hydrogen-bond acceptors (Lipinski definition) is 4. The first-order chi connectivity index (χ1) is 14.1. The van der Waals surface area contributed by atoms with Gasteiger partial charge < -0.3 is 4.90 Å². The predicted octanol–water partition coefficient (Wildman–Crippen LogP) is 1.84. The Bertz CT molecular complexity index is 1150. The van der Waals surface area contributed by atoms with Crippen molar-refractivity contribution in [3.05, 3.63) is 75.8 Å². The average molecular weight is 388 g/mol. The van der Waals surface area contributed by atoms with Crippen LogP contribution in [0.4, 0.5) is 0 Å². The molecule has 6 nitrogen and oxygen atoms in total. The second kappa shape index (κ2) is 7.12. The molecule has 0 fully saturated rings. The number of rotatable bonds is 1. The molecule has 5 rings (SSSR count). The molecule has 29 heavy (non-hydrogen) atoms. The molecular weight excluding hydrogens is 364 g/mol. The topological polar surface area (TPSA) is 58.4 Å². The second-order valence-electron chi connectivity index (χ2n) is 7.98. The quantitative estimate of drug-likeness (QED) is 0.638. The molecule has 2 aromatic carbocycles. The van der Waals surface area contributed by atoms with Crippen LogP contribution in [0.2, 0.25) is 0 Å². The highest BCUT2D eigenvalue weighted by Gasteiger charge is 2.33. The minimum atomic E-state index is -0.158. The van der Waals surface area contributed by atoms with Gasteiger partial charge in [-0.05, 0) is 36.7 Å². The van der Waals surface area contributed by atoms with Gasteiger partial charge in [0, 0.05) is 32.6 Å². The van der Waals surface area contributed by atoms with Crippen molar-refractivity contribution < 1.29 is 4.79 Å². The highest BCUT2D eigenvalue weighted by Crippen LogP contribution is 2.23. The Balaban J connectivity index is 1.39. The summed E-state index contributed by atoms with van der Waals surface area (Å²) in [5.41, 5.74) is 3.27. The first kappa shape index (κ1) is 18.1. The van der Waals surface area contributed by atoms with Gasteiger partial charge in [0.05, 0.1) is 16.9 Å². The molecule has 148 valence electrons. The van der Waals surface area contributed by atoms with Gasteiger partial charge >= 0.3 is 0 Å². The number of benzene rings is 2. The van der Waals surface area contributed by atoms with Crippen molar-refractivity contribution in [3.8, 4) is 0 Å². The van der Waals surface area contributed by atoms with Gasteiger partial charge in [-0.3, -0.25) is 19.1 Å². The van der Waals surface area contributed by atoms with Crippen molar-refractivity contribution in [2.24, 2.45) is 0 Å². The summed E-state index contributed by atoms with van der Waals surface area (Å²) in [6, 6.07) is 15.6. The van der Waals surface area contributed by atoms with E-state index in [-0.39, 0.29) is 17.5 Å². The first-order valence-corrected chi connectivity index (χ1v) is 10.2. The van der Waals surface area contributed by atoms with Gasteiger partial charge in [-0.2, -0.15) is 0 Å². The molecule has 0 saturated heterocycles. The molecule has 2 aliphatic rings. The van der Waals surface area contributed by atoms with Crippen molar-refractivity contribution in [2.45, 2.75) is 32.0 Å². The number of aromatic nitrogens is 2. The van der Waals surface area contributed by atoms with Crippen LogP contribution in [-0.4, -0.2) is 51.4 Å². The molecule has 1 aromatic heterocycles. The third kappa shape index (κ3) is 3.13. The summed E-state index contributed by atoms with van der Waals surface area (Å²) in [6.45, 7) is 2.41. The van der Waals surface area contributed by atoms with Crippen LogP contribution in [0.3, 0.4) is 0 Å². The van der Waals surface area contributed by atoms with Crippen LogP contribution in [-0.2, 0) is 30.7 Å². The number of para-hydroxylation sites is 1. The van der Waals surface area contributed by atoms with Gasteiger partial charge in [0.2, 0.25) is 5.91 Å². The van der Waals surface area contributed by atoms with Crippen molar-refractivity contribution in [3.63, 3.8) is 0 Å². The highest BCUT2D eigenvalue weighted by molar-refractivity contribution is 5.83. The van der Waals surface area contributed by atoms with E-state index in [1.807, 2.05) is 42.3 Å². The molecule has 0 spiro atoms. The van der Waals surface area contributed by atoms with Gasteiger partial charge in [0.25, 0.3) is 5.56 Å². The van der Waals surface area contributed by atoms with Crippen LogP contribution >= 0.6 is 0 Å². The van der Waals surface area contributed by atoms with Gasteiger partial charge in [0.15, 0.2) is 0 Å². The zero-order chi connectivity index (χ0) is 20.0. The lowest BCUT2D eigenvalue weighted by Gasteiger charge is -2.36. The normalized spacial score (nSPS) is 19.5. The highest BCUT2D eigenvalue weighted by atomic mass is 16.2. The minimum absolute atomic E-state index is 0.0105. The fraction of sp³-hybridized carbons (Fsp3) is 0.348. The van der Waals surface area contributed by atoms with E-state index in [2.05, 4.69) is 23.1 Å². The molecule has 0 radical (unpaired) electrons. The van der Waals surface area contributed by atoms with Crippen molar-refractivity contribution >= 4 is 16.8 Å². The van der Waals surface area contributed by atoms with E-state index in [9.17, 15) is 9.59 Å². The minimum Gasteiger partial charge on any atom is -0.339 e. The second-order valence-corrected chi connectivity index (χ2v) is 7.98. The lowest BCUT2D eigenvalue weighted by Crippen LogP contribution is -2.50. The molecule has 0 saturated carbocycles. The summed E-state index contributed by atoms with van der Waals surface area (Å²) in [6.07, 6.45) is 1.33. The van der Waals surface area contributed by atoms with Crippen LogP contribution < -0.4 is 5.56 Å². The number of likely N-dealkylation sites (N-methyl/N-ethyl adjacent to an activating group) is 1. The monoisotopic (exact) mass is 388 g/mol. The Kier molecular flexibility index (Phi) is 4.43. The SMILES string of the molecule is CN1Cc2ccccc2C[C@@H]1C(=O)N1CCc2nc3ccccc3c(=O)n2CC1. The average Bonchev–Trinajstić information content (AvgIpc) is 2.96. The lowest BCUT2D eigenvalue weighted by molar-refractivity contribution is -0.137. The fourth-order valence-electron chi connectivity index (χ4n) is 4.56. The van der Waals surface area contributed by atoms with Crippen molar-refractivity contribution in [1.29, 1.82) is 0 Å². The zero-order valence-electron chi connectivity index (χ0n) is 16.5. The fourth-order valence-corrected chi connectivity index (χ4v) is 4.56. The van der Waals surface area contributed by atoms with E-state index in [1.54, 1.807) is 4.57 Å². The number of hydrogen-bond donors (Lipinski definition) is 0. The van der Waals surface area contributed by atoms with Gasteiger partial charge in [0.1, 0.15) is 5.82 Å². The number of nitrogens with zero attached hydrogens (tertiary/aromatic N) is 4. The molecule has 0 unspecified atom stereocenters. The maximum atomic E-state index is 13.4. The van der Waals surface area contributed by atoms with Crippen molar-refractivity contribution in [2.75, 3.05) is 20.1 Å². The smallest absolute Gasteiger partial charge is 0.261 e. The van der Waals surface area contributed by atoms with Gasteiger partial charge in [-0.25, -0.2) is 4.98 Å². The molecule has 0 aliphatic carbocycles. The summed E-state index contributed by atoms with van der Waals surface area (Å²) < 4.78 is 1.75. The lowest BCUT2D eigenvalue weighted by atomic mass is 9.93. The van der Waals surface area contributed by atoms with Crippen LogP contribution in [0.25, 0.3) is 10.9 Å². The molecule has 0 bridgehead atoms. The maximum absolute atomic E-state index is 13.4. The van der Waals surface area contributed by atoms with Crippen LogP contribution in [0.5, 0.6) is 0 Å². The molecule has 1 amide bonds. The van der Waals surface area contributed by atoms with E-state index in [0.717, 1.165) is 24.3 Å². The molecule has 3 aromatic rings. The van der Waals surface area contributed by atoms with Crippen LogP contribution in [0.15, 0.2) is 53.3 Å². The van der Waals surface area contributed by atoms with Gasteiger partial charge in [-0.15, -0.1) is 0 Å².